The first-order chi connectivity index (χ1) is 9.15. The van der Waals surface area contributed by atoms with Gasteiger partial charge in [-0.15, -0.1) is 11.6 Å². The third kappa shape index (κ3) is 3.18. The van der Waals surface area contributed by atoms with Gasteiger partial charge in [-0.25, -0.2) is 4.39 Å². The maximum Gasteiger partial charge on any atom is 0.256 e. The van der Waals surface area contributed by atoms with Gasteiger partial charge in [0.15, 0.2) is 0 Å². The third-order valence-corrected chi connectivity index (χ3v) is 3.87. The fourth-order valence-corrected chi connectivity index (χ4v) is 2.59. The molecule has 5 heteroatoms. The number of piperidine rings is 1. The van der Waals surface area contributed by atoms with Crippen molar-refractivity contribution in [1.82, 2.24) is 4.90 Å². The van der Waals surface area contributed by atoms with Gasteiger partial charge in [0.25, 0.3) is 5.91 Å². The monoisotopic (exact) mass is 285 g/mol. The van der Waals surface area contributed by atoms with Gasteiger partial charge in [0.2, 0.25) is 0 Å². The number of hydrogen-bond acceptors (Lipinski definition) is 2. The Kier molecular flexibility index (Phi) is 4.64. The Hall–Kier alpha value is -1.29. The highest BCUT2D eigenvalue weighted by atomic mass is 35.5. The van der Waals surface area contributed by atoms with Crippen molar-refractivity contribution in [2.75, 3.05) is 26.1 Å². The number of hydrogen-bond donors (Lipinski definition) is 0. The van der Waals surface area contributed by atoms with Crippen LogP contribution in [-0.2, 0) is 0 Å². The molecule has 0 radical (unpaired) electrons. The highest BCUT2D eigenvalue weighted by Gasteiger charge is 2.25. The van der Waals surface area contributed by atoms with Crippen LogP contribution in [-0.4, -0.2) is 36.9 Å². The van der Waals surface area contributed by atoms with E-state index in [4.69, 9.17) is 16.3 Å². The van der Waals surface area contributed by atoms with E-state index in [2.05, 4.69) is 0 Å². The molecule has 1 aliphatic heterocycles. The summed E-state index contributed by atoms with van der Waals surface area (Å²) in [6.45, 7) is 1.27. The summed E-state index contributed by atoms with van der Waals surface area (Å²) < 4.78 is 18.8. The molecule has 1 saturated heterocycles. The first-order valence-corrected chi connectivity index (χ1v) is 6.88. The molecule has 1 aromatic carbocycles. The van der Waals surface area contributed by atoms with Crippen molar-refractivity contribution in [3.8, 4) is 5.75 Å². The summed E-state index contributed by atoms with van der Waals surface area (Å²) in [6.07, 6.45) is 1.94. The number of rotatable bonds is 3. The van der Waals surface area contributed by atoms with E-state index in [1.165, 1.54) is 19.2 Å². The molecule has 0 aliphatic carbocycles. The van der Waals surface area contributed by atoms with Crippen molar-refractivity contribution in [2.24, 2.45) is 5.92 Å². The van der Waals surface area contributed by atoms with Crippen LogP contribution in [0.4, 0.5) is 4.39 Å². The molecule has 1 aromatic rings. The summed E-state index contributed by atoms with van der Waals surface area (Å²) in [5.74, 6) is 0.439. The van der Waals surface area contributed by atoms with Gasteiger partial charge in [0.05, 0.1) is 12.7 Å². The number of likely N-dealkylation sites (tertiary alicyclic amines) is 1. The lowest BCUT2D eigenvalue weighted by Crippen LogP contribution is -2.40. The largest absolute Gasteiger partial charge is 0.497 e. The lowest BCUT2D eigenvalue weighted by molar-refractivity contribution is 0.0680. The van der Waals surface area contributed by atoms with Gasteiger partial charge in [-0.1, -0.05) is 0 Å². The lowest BCUT2D eigenvalue weighted by Gasteiger charge is -2.32. The zero-order valence-corrected chi connectivity index (χ0v) is 11.6. The van der Waals surface area contributed by atoms with Crippen molar-refractivity contribution in [3.05, 3.63) is 29.6 Å². The predicted octanol–water partition coefficient (Wildman–Crippen LogP) is 2.93. The average molecular weight is 286 g/mol. The molecule has 2 rings (SSSR count). The zero-order valence-electron chi connectivity index (χ0n) is 10.9. The summed E-state index contributed by atoms with van der Waals surface area (Å²) in [5, 5.41) is 0. The topological polar surface area (TPSA) is 29.5 Å². The summed E-state index contributed by atoms with van der Waals surface area (Å²) >= 11 is 5.84. The molecule has 1 fully saturated rings. The first kappa shape index (κ1) is 14.1. The van der Waals surface area contributed by atoms with E-state index in [1.54, 1.807) is 11.0 Å². The smallest absolute Gasteiger partial charge is 0.256 e. The Morgan fingerprint density at radius 1 is 1.58 bits per heavy atom. The molecule has 104 valence electrons. The molecule has 0 spiro atoms. The van der Waals surface area contributed by atoms with E-state index < -0.39 is 5.82 Å². The van der Waals surface area contributed by atoms with Gasteiger partial charge in [0, 0.05) is 25.0 Å². The van der Waals surface area contributed by atoms with Crippen LogP contribution in [0.2, 0.25) is 0 Å². The molecule has 19 heavy (non-hydrogen) atoms. The number of nitrogens with zero attached hydrogens (tertiary/aromatic N) is 1. The quantitative estimate of drug-likeness (QED) is 0.799. The molecular formula is C14H17ClFNO2. The second kappa shape index (κ2) is 6.24. The van der Waals surface area contributed by atoms with E-state index in [9.17, 15) is 9.18 Å². The van der Waals surface area contributed by atoms with Gasteiger partial charge in [-0.05, 0) is 30.9 Å². The van der Waals surface area contributed by atoms with Crippen LogP contribution >= 0.6 is 11.6 Å². The highest BCUT2D eigenvalue weighted by Crippen LogP contribution is 2.22. The number of benzene rings is 1. The lowest BCUT2D eigenvalue weighted by atomic mass is 9.99. The molecule has 0 aromatic heterocycles. The predicted molar refractivity (Wildman–Crippen MR) is 72.3 cm³/mol. The van der Waals surface area contributed by atoms with Crippen LogP contribution in [0.25, 0.3) is 0 Å². The van der Waals surface area contributed by atoms with E-state index in [-0.39, 0.29) is 11.5 Å². The van der Waals surface area contributed by atoms with Gasteiger partial charge in [0.1, 0.15) is 11.6 Å². The van der Waals surface area contributed by atoms with Crippen LogP contribution in [0.15, 0.2) is 18.2 Å². The van der Waals surface area contributed by atoms with Gasteiger partial charge < -0.3 is 9.64 Å². The van der Waals surface area contributed by atoms with Crippen molar-refractivity contribution in [3.63, 3.8) is 0 Å². The normalized spacial score (nSPS) is 19.3. The Balaban J connectivity index is 2.15. The standard InChI is InChI=1S/C14H17ClFNO2/c1-19-11-4-5-12(13(16)7-11)14(18)17-6-2-3-10(8-15)9-17/h4-5,7,10H,2-3,6,8-9H2,1H3. The molecule has 1 unspecified atom stereocenters. The van der Waals surface area contributed by atoms with E-state index in [0.29, 0.717) is 30.6 Å². The molecule has 1 amide bonds. The first-order valence-electron chi connectivity index (χ1n) is 6.34. The van der Waals surface area contributed by atoms with Crippen LogP contribution in [0, 0.1) is 11.7 Å². The summed E-state index contributed by atoms with van der Waals surface area (Å²) in [6, 6.07) is 4.30. The molecular weight excluding hydrogens is 269 g/mol. The molecule has 1 aliphatic rings. The summed E-state index contributed by atoms with van der Waals surface area (Å²) in [5.41, 5.74) is 0.0935. The minimum Gasteiger partial charge on any atom is -0.497 e. The fraction of sp³-hybridized carbons (Fsp3) is 0.500. The number of methoxy groups -OCH3 is 1. The molecule has 0 N–H and O–H groups in total. The number of amides is 1. The van der Waals surface area contributed by atoms with Gasteiger partial charge in [-0.3, -0.25) is 4.79 Å². The van der Waals surface area contributed by atoms with Gasteiger partial charge >= 0.3 is 0 Å². The molecule has 1 heterocycles. The molecule has 3 nitrogen and oxygen atoms in total. The minimum atomic E-state index is -0.544. The van der Waals surface area contributed by atoms with Crippen molar-refractivity contribution >= 4 is 17.5 Å². The zero-order chi connectivity index (χ0) is 13.8. The maximum atomic E-state index is 13.9. The SMILES string of the molecule is COc1ccc(C(=O)N2CCCC(CCl)C2)c(F)c1. The Labute approximate surface area is 117 Å². The van der Waals surface area contributed by atoms with Crippen molar-refractivity contribution in [2.45, 2.75) is 12.8 Å². The number of halogens is 2. The van der Waals surface area contributed by atoms with E-state index in [0.717, 1.165) is 12.8 Å². The molecule has 0 bridgehead atoms. The van der Waals surface area contributed by atoms with E-state index in [1.807, 2.05) is 0 Å². The summed E-state index contributed by atoms with van der Waals surface area (Å²) in [7, 11) is 1.46. The maximum absolute atomic E-state index is 13.9. The number of ether oxygens (including phenoxy) is 1. The Morgan fingerprint density at radius 3 is 3.00 bits per heavy atom. The minimum absolute atomic E-state index is 0.0935. The molecule has 1 atom stereocenters. The van der Waals surface area contributed by atoms with Crippen LogP contribution in [0.5, 0.6) is 5.75 Å². The van der Waals surface area contributed by atoms with Gasteiger partial charge in [-0.2, -0.15) is 0 Å². The average Bonchev–Trinajstić information content (AvgIpc) is 2.46. The Morgan fingerprint density at radius 2 is 2.37 bits per heavy atom. The highest BCUT2D eigenvalue weighted by molar-refractivity contribution is 6.18. The van der Waals surface area contributed by atoms with Crippen LogP contribution < -0.4 is 4.74 Å². The number of carbonyl (C=O) groups is 1. The van der Waals surface area contributed by atoms with Crippen LogP contribution in [0.3, 0.4) is 0 Å². The third-order valence-electron chi connectivity index (χ3n) is 3.43. The fourth-order valence-electron chi connectivity index (χ4n) is 2.34. The number of alkyl halides is 1. The molecule has 0 saturated carbocycles. The summed E-state index contributed by atoms with van der Waals surface area (Å²) in [4.78, 5) is 14.0. The second-order valence-corrected chi connectivity index (χ2v) is 5.07. The van der Waals surface area contributed by atoms with Crippen molar-refractivity contribution < 1.29 is 13.9 Å². The number of carbonyl (C=O) groups excluding carboxylic acids is 1. The second-order valence-electron chi connectivity index (χ2n) is 4.76. The Bertz CT molecular complexity index is 467. The van der Waals surface area contributed by atoms with Crippen LogP contribution in [0.1, 0.15) is 23.2 Å². The van der Waals surface area contributed by atoms with Crippen molar-refractivity contribution in [1.29, 1.82) is 0 Å². The van der Waals surface area contributed by atoms with E-state index >= 15 is 0 Å².